The average Bonchev–Trinajstić information content (AvgIpc) is 3.83. The number of nitrogens with zero attached hydrogens (tertiary/aromatic N) is 3. The highest BCUT2D eigenvalue weighted by atomic mass is 16.3. The van der Waals surface area contributed by atoms with Crippen molar-refractivity contribution >= 4 is 98.3 Å². The second-order valence-corrected chi connectivity index (χ2v) is 12.9. The Balaban J connectivity index is 1.33. The first-order valence-electron chi connectivity index (χ1n) is 16.5. The van der Waals surface area contributed by atoms with E-state index in [-0.39, 0.29) is 0 Å². The zero-order valence-electron chi connectivity index (χ0n) is 25.9. The molecule has 0 spiro atoms. The molecule has 49 heavy (non-hydrogen) atoms. The van der Waals surface area contributed by atoms with Crippen LogP contribution < -0.4 is 0 Å². The van der Waals surface area contributed by atoms with Gasteiger partial charge in [-0.3, -0.25) is 4.57 Å². The zero-order valence-corrected chi connectivity index (χ0v) is 25.9. The van der Waals surface area contributed by atoms with Crippen molar-refractivity contribution in [2.24, 2.45) is 0 Å². The molecule has 4 aromatic heterocycles. The van der Waals surface area contributed by atoms with E-state index in [0.717, 1.165) is 88.4 Å². The minimum atomic E-state index is 0.753. The fourth-order valence-corrected chi connectivity index (χ4v) is 8.35. The van der Waals surface area contributed by atoms with E-state index < -0.39 is 0 Å². The van der Waals surface area contributed by atoms with Gasteiger partial charge in [0.1, 0.15) is 28.0 Å². The van der Waals surface area contributed by atoms with Crippen molar-refractivity contribution in [3.63, 3.8) is 0 Å². The second kappa shape index (κ2) is 9.00. The van der Waals surface area contributed by atoms with Crippen LogP contribution >= 0.6 is 0 Å². The van der Waals surface area contributed by atoms with Gasteiger partial charge in [-0.15, -0.1) is 0 Å². The van der Waals surface area contributed by atoms with Crippen molar-refractivity contribution in [1.29, 1.82) is 0 Å². The zero-order chi connectivity index (χ0) is 31.8. The Morgan fingerprint density at radius 1 is 0.388 bits per heavy atom. The summed E-state index contributed by atoms with van der Waals surface area (Å²) in [6.45, 7) is 0. The van der Waals surface area contributed by atoms with Crippen LogP contribution in [0.15, 0.2) is 148 Å². The predicted molar refractivity (Wildman–Crippen MR) is 200 cm³/mol. The van der Waals surface area contributed by atoms with Crippen LogP contribution in [0.3, 0.4) is 0 Å². The van der Waals surface area contributed by atoms with Gasteiger partial charge in [0.25, 0.3) is 0 Å². The number of hydrogen-bond acceptors (Lipinski definition) is 4. The first kappa shape index (κ1) is 25.4. The van der Waals surface area contributed by atoms with E-state index in [1.807, 2.05) is 36.4 Å². The summed E-state index contributed by atoms with van der Waals surface area (Å²) in [5, 5.41) is 11.5. The summed E-state index contributed by atoms with van der Waals surface area (Å²) >= 11 is 0. The van der Waals surface area contributed by atoms with Crippen molar-refractivity contribution in [3.05, 3.63) is 140 Å². The number of benzene rings is 7. The number of aromatic nitrogens is 3. The van der Waals surface area contributed by atoms with Gasteiger partial charge >= 0.3 is 0 Å². The lowest BCUT2D eigenvalue weighted by atomic mass is 9.95. The van der Waals surface area contributed by atoms with E-state index in [4.69, 9.17) is 18.8 Å². The Bertz CT molecular complexity index is 3340. The van der Waals surface area contributed by atoms with Crippen LogP contribution in [0.5, 0.6) is 0 Å². The molecule has 0 unspecified atom stereocenters. The normalized spacial score (nSPS) is 12.5. The molecule has 0 aliphatic rings. The summed E-state index contributed by atoms with van der Waals surface area (Å²) in [5.41, 5.74) is 8.85. The summed E-state index contributed by atoms with van der Waals surface area (Å²) in [5.74, 6) is 0.753. The first-order valence-corrected chi connectivity index (χ1v) is 16.5. The van der Waals surface area contributed by atoms with Gasteiger partial charge in [0.2, 0.25) is 0 Å². The van der Waals surface area contributed by atoms with Crippen LogP contribution in [0.25, 0.3) is 115 Å². The molecule has 0 saturated carbocycles. The van der Waals surface area contributed by atoms with E-state index in [2.05, 4.69) is 108 Å². The molecular weight excluding hydrogens is 603 g/mol. The van der Waals surface area contributed by atoms with Crippen molar-refractivity contribution in [3.8, 4) is 17.1 Å². The van der Waals surface area contributed by atoms with Gasteiger partial charge in [0.05, 0.1) is 22.1 Å². The van der Waals surface area contributed by atoms with Gasteiger partial charge in [0.15, 0.2) is 5.82 Å². The molecule has 0 aliphatic carbocycles. The molecule has 226 valence electrons. The van der Waals surface area contributed by atoms with Crippen LogP contribution in [0, 0.1) is 0 Å². The maximum absolute atomic E-state index is 6.59. The quantitative estimate of drug-likeness (QED) is 0.192. The van der Waals surface area contributed by atoms with E-state index >= 15 is 0 Å². The van der Waals surface area contributed by atoms with Crippen molar-refractivity contribution < 1.29 is 8.83 Å². The molecular formula is C44H23N3O2. The third-order valence-corrected chi connectivity index (χ3v) is 10.3. The van der Waals surface area contributed by atoms with Crippen molar-refractivity contribution in [2.75, 3.05) is 0 Å². The van der Waals surface area contributed by atoms with Crippen LogP contribution in [0.2, 0.25) is 0 Å². The summed E-state index contributed by atoms with van der Waals surface area (Å²) in [6.07, 6.45) is 0. The Labute approximate surface area is 277 Å². The van der Waals surface area contributed by atoms with Gasteiger partial charge in [0, 0.05) is 37.9 Å². The van der Waals surface area contributed by atoms with Crippen molar-refractivity contribution in [1.82, 2.24) is 14.5 Å². The fourth-order valence-electron chi connectivity index (χ4n) is 8.35. The number of furan rings is 2. The smallest absolute Gasteiger partial charge is 0.165 e. The van der Waals surface area contributed by atoms with Crippen LogP contribution in [-0.4, -0.2) is 14.5 Å². The summed E-state index contributed by atoms with van der Waals surface area (Å²) < 4.78 is 15.5. The molecule has 0 aliphatic heterocycles. The first-order chi connectivity index (χ1) is 24.3. The summed E-state index contributed by atoms with van der Waals surface area (Å²) in [6, 6.07) is 48.6. The number of hydrogen-bond donors (Lipinski definition) is 0. The molecule has 8 aromatic carbocycles. The minimum Gasteiger partial charge on any atom is -0.456 e. The van der Waals surface area contributed by atoms with Gasteiger partial charge in [-0.1, -0.05) is 91.0 Å². The number of rotatable bonds is 2. The van der Waals surface area contributed by atoms with Crippen LogP contribution in [-0.2, 0) is 0 Å². The molecule has 0 saturated heterocycles. The predicted octanol–water partition coefficient (Wildman–Crippen LogP) is 11.9. The maximum atomic E-state index is 6.59. The van der Waals surface area contributed by atoms with Gasteiger partial charge in [-0.2, -0.15) is 0 Å². The third kappa shape index (κ3) is 3.19. The molecule has 4 heterocycles. The molecule has 12 aromatic rings. The largest absolute Gasteiger partial charge is 0.456 e. The molecule has 0 bridgehead atoms. The van der Waals surface area contributed by atoms with Gasteiger partial charge in [-0.25, -0.2) is 9.97 Å². The molecule has 0 radical (unpaired) electrons. The Morgan fingerprint density at radius 3 is 1.86 bits per heavy atom. The average molecular weight is 626 g/mol. The highest BCUT2D eigenvalue weighted by molar-refractivity contribution is 6.38. The molecule has 0 atom stereocenters. The lowest BCUT2D eigenvalue weighted by Crippen LogP contribution is -2.03. The monoisotopic (exact) mass is 625 g/mol. The summed E-state index contributed by atoms with van der Waals surface area (Å²) in [4.78, 5) is 10.8. The molecule has 0 fully saturated rings. The van der Waals surface area contributed by atoms with E-state index in [1.54, 1.807) is 0 Å². The fraction of sp³-hybridized carbons (Fsp3) is 0. The second-order valence-electron chi connectivity index (χ2n) is 12.9. The van der Waals surface area contributed by atoms with E-state index in [0.29, 0.717) is 0 Å². The Kier molecular flexibility index (Phi) is 4.66. The van der Waals surface area contributed by atoms with Gasteiger partial charge < -0.3 is 8.83 Å². The number of fused-ring (bicyclic) bond motifs is 7. The van der Waals surface area contributed by atoms with Crippen LogP contribution in [0.1, 0.15) is 0 Å². The van der Waals surface area contributed by atoms with Crippen LogP contribution in [0.4, 0.5) is 0 Å². The lowest BCUT2D eigenvalue weighted by molar-refractivity contribution is 0.669. The topological polar surface area (TPSA) is 57.0 Å². The van der Waals surface area contributed by atoms with Crippen molar-refractivity contribution in [2.45, 2.75) is 0 Å². The lowest BCUT2D eigenvalue weighted by Gasteiger charge is -2.14. The van der Waals surface area contributed by atoms with Gasteiger partial charge in [-0.05, 0) is 70.1 Å². The molecule has 5 heteroatoms. The molecule has 12 rings (SSSR count). The highest BCUT2D eigenvalue weighted by Crippen LogP contribution is 2.48. The van der Waals surface area contributed by atoms with E-state index in [1.165, 1.54) is 26.9 Å². The minimum absolute atomic E-state index is 0.753. The highest BCUT2D eigenvalue weighted by Gasteiger charge is 2.26. The number of para-hydroxylation sites is 4. The molecule has 0 N–H and O–H groups in total. The Morgan fingerprint density at radius 2 is 1.00 bits per heavy atom. The Hall–Kier alpha value is -6.72. The molecule has 5 nitrogen and oxygen atoms in total. The SMILES string of the molecule is c1ccc2nc(-n3c4cccc5c6ccccc6c6cccc7oc8ccc3c(c8c76)c54)c(-c3cccc4c3oc3ccccc34)nc2c1. The molecule has 0 amide bonds. The maximum Gasteiger partial charge on any atom is 0.165 e. The third-order valence-electron chi connectivity index (χ3n) is 10.3. The standard InChI is InChI=1S/C44H23N3O2/c1-2-11-25-24(10-1)27-13-8-19-33-38(27)40-34(22-23-37-41(40)39-28(25)14-9-21-36(39)48-37)47(33)44-42(45-31-17-4-5-18-32(31)46-44)30-16-7-15-29-26-12-3-6-20-35(26)49-43(29)30/h1-23H. The summed E-state index contributed by atoms with van der Waals surface area (Å²) in [7, 11) is 0. The van der Waals surface area contributed by atoms with E-state index in [9.17, 15) is 0 Å².